The van der Waals surface area contributed by atoms with E-state index in [1.54, 1.807) is 18.2 Å². The second kappa shape index (κ2) is 6.71. The Kier molecular flexibility index (Phi) is 4.95. The molecule has 112 valence electrons. The number of rotatable bonds is 4. The number of carboxylic acid groups (broad SMARTS) is 1. The van der Waals surface area contributed by atoms with Crippen LogP contribution in [0.25, 0.3) is 0 Å². The van der Waals surface area contributed by atoms with Gasteiger partial charge in [0.1, 0.15) is 0 Å². The highest BCUT2D eigenvalue weighted by Gasteiger charge is 2.31. The molecule has 2 amide bonds. The van der Waals surface area contributed by atoms with Crippen LogP contribution < -0.4 is 5.32 Å². The zero-order valence-corrected chi connectivity index (χ0v) is 12.8. The number of aliphatic carboxylic acids is 1. The van der Waals surface area contributed by atoms with Gasteiger partial charge < -0.3 is 15.3 Å². The summed E-state index contributed by atoms with van der Waals surface area (Å²) in [4.78, 5) is 36.0. The summed E-state index contributed by atoms with van der Waals surface area (Å²) in [6.07, 6.45) is 0.496. The molecular formula is C14H15BrN2O4. The molecule has 1 aliphatic heterocycles. The summed E-state index contributed by atoms with van der Waals surface area (Å²) in [5.41, 5.74) is 0.613. The van der Waals surface area contributed by atoms with E-state index in [9.17, 15) is 14.4 Å². The SMILES string of the molecule is O=C(CN1CC(C(=O)O)CCC1=O)Nc1ccccc1Br. The van der Waals surface area contributed by atoms with E-state index in [0.717, 1.165) is 4.47 Å². The third kappa shape index (κ3) is 4.04. The number of halogens is 1. The Balaban J connectivity index is 1.96. The van der Waals surface area contributed by atoms with E-state index in [0.29, 0.717) is 12.1 Å². The Morgan fingerprint density at radius 2 is 2.10 bits per heavy atom. The maximum Gasteiger partial charge on any atom is 0.308 e. The third-order valence-electron chi connectivity index (χ3n) is 3.33. The number of nitrogens with zero attached hydrogens (tertiary/aromatic N) is 1. The molecule has 6 nitrogen and oxygen atoms in total. The van der Waals surface area contributed by atoms with Crippen molar-refractivity contribution in [2.45, 2.75) is 12.8 Å². The lowest BCUT2D eigenvalue weighted by molar-refractivity contribution is -0.148. The molecule has 1 aromatic carbocycles. The van der Waals surface area contributed by atoms with Gasteiger partial charge in [0.25, 0.3) is 0 Å². The lowest BCUT2D eigenvalue weighted by Crippen LogP contribution is -2.46. The van der Waals surface area contributed by atoms with E-state index in [-0.39, 0.29) is 31.3 Å². The number of piperidine rings is 1. The van der Waals surface area contributed by atoms with Crippen molar-refractivity contribution >= 4 is 39.4 Å². The number of nitrogens with one attached hydrogen (secondary N) is 1. The Morgan fingerprint density at radius 1 is 1.38 bits per heavy atom. The molecule has 1 fully saturated rings. The largest absolute Gasteiger partial charge is 0.481 e. The Labute approximate surface area is 130 Å². The number of carboxylic acids is 1. The van der Waals surface area contributed by atoms with Gasteiger partial charge in [-0.15, -0.1) is 0 Å². The first kappa shape index (κ1) is 15.5. The topological polar surface area (TPSA) is 86.7 Å². The number of likely N-dealkylation sites (tertiary alicyclic amines) is 1. The highest BCUT2D eigenvalue weighted by molar-refractivity contribution is 9.10. The predicted molar refractivity (Wildman–Crippen MR) is 79.7 cm³/mol. The smallest absolute Gasteiger partial charge is 0.308 e. The molecule has 0 aliphatic carbocycles. The van der Waals surface area contributed by atoms with E-state index in [1.165, 1.54) is 4.90 Å². The normalized spacial score (nSPS) is 18.4. The molecule has 1 unspecified atom stereocenters. The molecule has 1 saturated heterocycles. The number of carbonyl (C=O) groups is 3. The zero-order valence-electron chi connectivity index (χ0n) is 11.2. The Morgan fingerprint density at radius 3 is 2.76 bits per heavy atom. The van der Waals surface area contributed by atoms with Crippen LogP contribution in [0.5, 0.6) is 0 Å². The highest BCUT2D eigenvalue weighted by atomic mass is 79.9. The van der Waals surface area contributed by atoms with Crippen molar-refractivity contribution in [2.75, 3.05) is 18.4 Å². The molecule has 2 rings (SSSR count). The van der Waals surface area contributed by atoms with E-state index in [4.69, 9.17) is 5.11 Å². The highest BCUT2D eigenvalue weighted by Crippen LogP contribution is 2.22. The van der Waals surface area contributed by atoms with Crippen LogP contribution in [0, 0.1) is 5.92 Å². The zero-order chi connectivity index (χ0) is 15.4. The number of amides is 2. The number of benzene rings is 1. The minimum absolute atomic E-state index is 0.0809. The molecule has 7 heteroatoms. The maximum absolute atomic E-state index is 12.0. The summed E-state index contributed by atoms with van der Waals surface area (Å²) in [7, 11) is 0. The van der Waals surface area contributed by atoms with Crippen LogP contribution in [0.3, 0.4) is 0 Å². The van der Waals surface area contributed by atoms with Gasteiger partial charge in [0, 0.05) is 17.4 Å². The second-order valence-corrected chi connectivity index (χ2v) is 5.73. The fourth-order valence-corrected chi connectivity index (χ4v) is 2.58. The van der Waals surface area contributed by atoms with E-state index in [2.05, 4.69) is 21.2 Å². The maximum atomic E-state index is 12.0. The fraction of sp³-hybridized carbons (Fsp3) is 0.357. The molecule has 0 radical (unpaired) electrons. The van der Waals surface area contributed by atoms with Crippen LogP contribution in [-0.2, 0) is 14.4 Å². The van der Waals surface area contributed by atoms with Gasteiger partial charge >= 0.3 is 5.97 Å². The molecule has 0 bridgehead atoms. The van der Waals surface area contributed by atoms with Crippen molar-refractivity contribution in [2.24, 2.45) is 5.92 Å². The van der Waals surface area contributed by atoms with Crippen molar-refractivity contribution in [3.8, 4) is 0 Å². The minimum atomic E-state index is -0.932. The van der Waals surface area contributed by atoms with E-state index in [1.807, 2.05) is 6.07 Å². The molecule has 1 aromatic rings. The van der Waals surface area contributed by atoms with Gasteiger partial charge in [0.15, 0.2) is 0 Å². The fourth-order valence-electron chi connectivity index (χ4n) is 2.19. The molecule has 0 saturated carbocycles. The van der Waals surface area contributed by atoms with E-state index >= 15 is 0 Å². The molecule has 0 spiro atoms. The first-order chi connectivity index (χ1) is 9.97. The molecule has 0 aromatic heterocycles. The van der Waals surface area contributed by atoms with Crippen molar-refractivity contribution in [1.82, 2.24) is 4.90 Å². The van der Waals surface area contributed by atoms with Crippen molar-refractivity contribution < 1.29 is 19.5 Å². The van der Waals surface area contributed by atoms with Crippen LogP contribution in [-0.4, -0.2) is 40.9 Å². The Bertz CT molecular complexity index is 576. The summed E-state index contributed by atoms with van der Waals surface area (Å²) in [5.74, 6) is -2.06. The second-order valence-electron chi connectivity index (χ2n) is 4.88. The standard InChI is InChI=1S/C14H15BrN2O4/c15-10-3-1-2-4-11(10)16-12(18)8-17-7-9(14(20)21)5-6-13(17)19/h1-4,9H,5-8H2,(H,16,18)(H,20,21). The predicted octanol–water partition coefficient (Wildman–Crippen LogP) is 1.71. The van der Waals surface area contributed by atoms with Crippen LogP contribution in [0.1, 0.15) is 12.8 Å². The number of para-hydroxylation sites is 1. The summed E-state index contributed by atoms with van der Waals surface area (Å²) in [5, 5.41) is 11.7. The van der Waals surface area contributed by atoms with Gasteiger partial charge in [-0.25, -0.2) is 0 Å². The van der Waals surface area contributed by atoms with Crippen molar-refractivity contribution in [3.05, 3.63) is 28.7 Å². The first-order valence-electron chi connectivity index (χ1n) is 6.52. The molecule has 1 aliphatic rings. The quantitative estimate of drug-likeness (QED) is 0.861. The minimum Gasteiger partial charge on any atom is -0.481 e. The number of carbonyl (C=O) groups excluding carboxylic acids is 2. The monoisotopic (exact) mass is 354 g/mol. The van der Waals surface area contributed by atoms with Crippen LogP contribution in [0.15, 0.2) is 28.7 Å². The summed E-state index contributed by atoms with van der Waals surface area (Å²) in [6.45, 7) is -0.0541. The van der Waals surface area contributed by atoms with Crippen LogP contribution in [0.2, 0.25) is 0 Å². The summed E-state index contributed by atoms with van der Waals surface area (Å²) < 4.78 is 0.742. The van der Waals surface area contributed by atoms with Gasteiger partial charge in [-0.3, -0.25) is 14.4 Å². The third-order valence-corrected chi connectivity index (χ3v) is 4.02. The molecular weight excluding hydrogens is 340 g/mol. The molecule has 2 N–H and O–H groups in total. The van der Waals surface area contributed by atoms with Gasteiger partial charge in [-0.05, 0) is 34.5 Å². The van der Waals surface area contributed by atoms with Gasteiger partial charge in [0.05, 0.1) is 18.2 Å². The molecule has 1 atom stereocenters. The Hall–Kier alpha value is -1.89. The lowest BCUT2D eigenvalue weighted by atomic mass is 9.98. The molecule has 21 heavy (non-hydrogen) atoms. The first-order valence-corrected chi connectivity index (χ1v) is 7.31. The molecule has 1 heterocycles. The van der Waals surface area contributed by atoms with Gasteiger partial charge in [0.2, 0.25) is 11.8 Å². The summed E-state index contributed by atoms with van der Waals surface area (Å²) >= 11 is 3.32. The summed E-state index contributed by atoms with van der Waals surface area (Å²) in [6, 6.07) is 7.14. The average molecular weight is 355 g/mol. The van der Waals surface area contributed by atoms with Crippen LogP contribution in [0.4, 0.5) is 5.69 Å². The van der Waals surface area contributed by atoms with Gasteiger partial charge in [-0.1, -0.05) is 12.1 Å². The van der Waals surface area contributed by atoms with Crippen molar-refractivity contribution in [3.63, 3.8) is 0 Å². The van der Waals surface area contributed by atoms with Crippen molar-refractivity contribution in [1.29, 1.82) is 0 Å². The van der Waals surface area contributed by atoms with E-state index < -0.39 is 11.9 Å². The number of hydrogen-bond donors (Lipinski definition) is 2. The average Bonchev–Trinajstić information content (AvgIpc) is 2.43. The number of hydrogen-bond acceptors (Lipinski definition) is 3. The van der Waals surface area contributed by atoms with Gasteiger partial charge in [-0.2, -0.15) is 0 Å². The number of anilines is 1. The lowest BCUT2D eigenvalue weighted by Gasteiger charge is -2.30. The van der Waals surface area contributed by atoms with Crippen LogP contribution >= 0.6 is 15.9 Å².